The number of methoxy groups -OCH3 is 1. The number of aryl methyl sites for hydroxylation is 3. The lowest BCUT2D eigenvalue weighted by molar-refractivity contribution is 0.414. The zero-order valence-electron chi connectivity index (χ0n) is 18.4. The Labute approximate surface area is 173 Å². The van der Waals surface area contributed by atoms with Gasteiger partial charge in [-0.25, -0.2) is 4.98 Å². The third-order valence-electron chi connectivity index (χ3n) is 5.94. The third-order valence-corrected chi connectivity index (χ3v) is 5.94. The van der Waals surface area contributed by atoms with Crippen molar-refractivity contribution in [2.45, 2.75) is 59.8 Å². The van der Waals surface area contributed by atoms with Crippen LogP contribution < -0.4 is 9.64 Å². The van der Waals surface area contributed by atoms with Crippen molar-refractivity contribution < 1.29 is 4.74 Å². The molecule has 0 radical (unpaired) electrons. The molecule has 0 N–H and O–H groups in total. The van der Waals surface area contributed by atoms with E-state index < -0.39 is 0 Å². The summed E-state index contributed by atoms with van der Waals surface area (Å²) in [6.07, 6.45) is 7.61. The van der Waals surface area contributed by atoms with Gasteiger partial charge in [-0.05, 0) is 74.8 Å². The van der Waals surface area contributed by atoms with Crippen LogP contribution in [0, 0.1) is 13.8 Å². The highest BCUT2D eigenvalue weighted by atomic mass is 16.5. The van der Waals surface area contributed by atoms with Crippen molar-refractivity contribution in [3.05, 3.63) is 40.7 Å². The van der Waals surface area contributed by atoms with Crippen LogP contribution in [0.5, 0.6) is 5.75 Å². The first-order chi connectivity index (χ1) is 14.1. The van der Waals surface area contributed by atoms with Crippen molar-refractivity contribution in [1.29, 1.82) is 0 Å². The number of ether oxygens (including phenoxy) is 1. The number of rotatable bonds is 7. The second-order valence-corrected chi connectivity index (χ2v) is 8.13. The lowest BCUT2D eigenvalue weighted by Crippen LogP contribution is -2.29. The minimum atomic E-state index is 0.895. The first kappa shape index (κ1) is 19.7. The monoisotopic (exact) mass is 392 g/mol. The minimum absolute atomic E-state index is 0.895. The molecule has 154 valence electrons. The fourth-order valence-electron chi connectivity index (χ4n) is 4.78. The first-order valence-corrected chi connectivity index (χ1v) is 10.9. The van der Waals surface area contributed by atoms with E-state index in [1.54, 1.807) is 7.11 Å². The molecule has 0 amide bonds. The van der Waals surface area contributed by atoms with E-state index in [2.05, 4.69) is 49.2 Å². The summed E-state index contributed by atoms with van der Waals surface area (Å²) in [6.45, 7) is 10.9. The summed E-state index contributed by atoms with van der Waals surface area (Å²) in [7, 11) is 1.72. The van der Waals surface area contributed by atoms with Crippen LogP contribution in [0.2, 0.25) is 0 Å². The van der Waals surface area contributed by atoms with Crippen LogP contribution in [0.25, 0.3) is 16.8 Å². The number of benzene rings is 1. The molecule has 0 aliphatic heterocycles. The van der Waals surface area contributed by atoms with Gasteiger partial charge >= 0.3 is 0 Å². The summed E-state index contributed by atoms with van der Waals surface area (Å²) in [5, 5.41) is 4.86. The van der Waals surface area contributed by atoms with E-state index in [1.165, 1.54) is 40.2 Å². The van der Waals surface area contributed by atoms with E-state index >= 15 is 0 Å². The Morgan fingerprint density at radius 2 is 1.76 bits per heavy atom. The predicted molar refractivity (Wildman–Crippen MR) is 119 cm³/mol. The van der Waals surface area contributed by atoms with Gasteiger partial charge in [0.1, 0.15) is 11.6 Å². The van der Waals surface area contributed by atoms with Crippen LogP contribution in [0.3, 0.4) is 0 Å². The van der Waals surface area contributed by atoms with Gasteiger partial charge in [-0.2, -0.15) is 9.61 Å². The molecule has 2 heterocycles. The fraction of sp³-hybridized carbons (Fsp3) is 0.500. The normalized spacial score (nSPS) is 13.1. The molecule has 0 spiro atoms. The van der Waals surface area contributed by atoms with Crippen molar-refractivity contribution in [2.75, 3.05) is 25.1 Å². The summed E-state index contributed by atoms with van der Waals surface area (Å²) in [4.78, 5) is 7.64. The Balaban J connectivity index is 1.96. The van der Waals surface area contributed by atoms with Crippen molar-refractivity contribution in [1.82, 2.24) is 14.6 Å². The molecule has 0 unspecified atom stereocenters. The number of aromatic nitrogens is 3. The molecule has 0 fully saturated rings. The van der Waals surface area contributed by atoms with Gasteiger partial charge in [-0.1, -0.05) is 13.8 Å². The topological polar surface area (TPSA) is 42.7 Å². The van der Waals surface area contributed by atoms with Crippen molar-refractivity contribution in [3.63, 3.8) is 0 Å². The largest absolute Gasteiger partial charge is 0.497 e. The second kappa shape index (κ2) is 8.05. The highest BCUT2D eigenvalue weighted by Gasteiger charge is 2.26. The molecule has 0 bridgehead atoms. The number of hydrogen-bond donors (Lipinski definition) is 0. The summed E-state index contributed by atoms with van der Waals surface area (Å²) in [5.41, 5.74) is 8.36. The molecule has 1 aliphatic carbocycles. The zero-order valence-corrected chi connectivity index (χ0v) is 18.4. The van der Waals surface area contributed by atoms with E-state index in [4.69, 9.17) is 14.8 Å². The summed E-state index contributed by atoms with van der Waals surface area (Å²) in [6, 6.07) is 4.20. The molecule has 0 atom stereocenters. The number of anilines is 1. The van der Waals surface area contributed by atoms with Crippen LogP contribution in [0.4, 0.5) is 5.82 Å². The van der Waals surface area contributed by atoms with E-state index in [0.29, 0.717) is 0 Å². The van der Waals surface area contributed by atoms with Crippen LogP contribution in [-0.2, 0) is 12.8 Å². The molecule has 4 rings (SSSR count). The minimum Gasteiger partial charge on any atom is -0.497 e. The number of fused-ring (bicyclic) bond motifs is 2. The Morgan fingerprint density at radius 1 is 1.07 bits per heavy atom. The summed E-state index contributed by atoms with van der Waals surface area (Å²) in [5.74, 6) is 2.16. The summed E-state index contributed by atoms with van der Waals surface area (Å²) < 4.78 is 7.56. The van der Waals surface area contributed by atoms with Gasteiger partial charge in [0.15, 0.2) is 5.65 Å². The molecular formula is C24H32N4O. The molecule has 5 heteroatoms. The van der Waals surface area contributed by atoms with E-state index in [9.17, 15) is 0 Å². The molecular weight excluding hydrogens is 360 g/mol. The van der Waals surface area contributed by atoms with E-state index in [-0.39, 0.29) is 0 Å². The van der Waals surface area contributed by atoms with Gasteiger partial charge in [0, 0.05) is 29.9 Å². The Hall–Kier alpha value is -2.56. The maximum Gasteiger partial charge on any atom is 0.165 e. The van der Waals surface area contributed by atoms with Crippen LogP contribution in [-0.4, -0.2) is 34.8 Å². The predicted octanol–water partition coefficient (Wildman–Crippen LogP) is 5.14. The van der Waals surface area contributed by atoms with E-state index in [1.807, 2.05) is 6.20 Å². The average Bonchev–Trinajstić information content (AvgIpc) is 3.32. The molecule has 3 aromatic rings. The maximum atomic E-state index is 5.46. The van der Waals surface area contributed by atoms with Gasteiger partial charge in [-0.3, -0.25) is 0 Å². The summed E-state index contributed by atoms with van der Waals surface area (Å²) >= 11 is 0. The van der Waals surface area contributed by atoms with Crippen LogP contribution >= 0.6 is 0 Å². The molecule has 5 nitrogen and oxygen atoms in total. The van der Waals surface area contributed by atoms with Gasteiger partial charge in [0.25, 0.3) is 0 Å². The fourth-order valence-corrected chi connectivity index (χ4v) is 4.78. The Kier molecular flexibility index (Phi) is 5.48. The molecule has 0 saturated heterocycles. The quantitative estimate of drug-likeness (QED) is 0.558. The van der Waals surface area contributed by atoms with Gasteiger partial charge in [0.05, 0.1) is 13.3 Å². The zero-order chi connectivity index (χ0) is 20.5. The van der Waals surface area contributed by atoms with Crippen LogP contribution in [0.1, 0.15) is 55.5 Å². The van der Waals surface area contributed by atoms with Gasteiger partial charge in [0.2, 0.25) is 0 Å². The molecule has 2 aromatic heterocycles. The molecule has 1 aromatic carbocycles. The molecule has 1 aliphatic rings. The Bertz CT molecular complexity index is 1010. The lowest BCUT2D eigenvalue weighted by atomic mass is 9.97. The van der Waals surface area contributed by atoms with Gasteiger partial charge < -0.3 is 9.64 Å². The number of hydrogen-bond acceptors (Lipinski definition) is 4. The first-order valence-electron chi connectivity index (χ1n) is 10.9. The van der Waals surface area contributed by atoms with Gasteiger partial charge in [-0.15, -0.1) is 0 Å². The SMILES string of the molecule is CCCN(CCC)c1c2c(nc3c(-c4c(C)cc(OC)cc4C)cnn13)CCC2. The van der Waals surface area contributed by atoms with Crippen LogP contribution in [0.15, 0.2) is 18.3 Å². The second-order valence-electron chi connectivity index (χ2n) is 8.13. The highest BCUT2D eigenvalue weighted by molar-refractivity contribution is 5.83. The standard InChI is InChI=1S/C24H32N4O/c1-6-11-27(12-7-2)24-19-9-8-10-21(19)26-23-20(15-25-28(23)24)22-16(3)13-18(29-5)14-17(22)4/h13-15H,6-12H2,1-5H3. The van der Waals surface area contributed by atoms with Crippen molar-refractivity contribution in [2.24, 2.45) is 0 Å². The Morgan fingerprint density at radius 3 is 2.38 bits per heavy atom. The maximum absolute atomic E-state index is 5.46. The molecule has 0 saturated carbocycles. The lowest BCUT2D eigenvalue weighted by Gasteiger charge is -2.26. The smallest absolute Gasteiger partial charge is 0.165 e. The molecule has 29 heavy (non-hydrogen) atoms. The third kappa shape index (κ3) is 3.37. The average molecular weight is 393 g/mol. The highest BCUT2D eigenvalue weighted by Crippen LogP contribution is 2.37. The van der Waals surface area contributed by atoms with E-state index in [0.717, 1.165) is 55.7 Å². The van der Waals surface area contributed by atoms with Crippen molar-refractivity contribution in [3.8, 4) is 16.9 Å². The number of nitrogens with zero attached hydrogens (tertiary/aromatic N) is 4. The van der Waals surface area contributed by atoms with Crippen molar-refractivity contribution >= 4 is 11.5 Å².